The SMILES string of the molecule is Cn1nnc2cc(CNC(O)C3CN(C(=O)OCc4ccccc4)CCN3C(=O)C(N)C3Cc4ccccc4C3)ccc21. The number of nitrogens with zero attached hydrogens (tertiary/aromatic N) is 5. The Labute approximate surface area is 250 Å². The lowest BCUT2D eigenvalue weighted by atomic mass is 9.95. The van der Waals surface area contributed by atoms with Gasteiger partial charge in [0.25, 0.3) is 0 Å². The molecule has 11 heteroatoms. The number of benzene rings is 3. The third-order valence-electron chi connectivity index (χ3n) is 8.60. The molecule has 2 aliphatic rings. The van der Waals surface area contributed by atoms with Crippen molar-refractivity contribution < 1.29 is 19.4 Å². The summed E-state index contributed by atoms with van der Waals surface area (Å²) in [6, 6.07) is 22.0. The summed E-state index contributed by atoms with van der Waals surface area (Å²) in [5.41, 5.74) is 12.5. The number of hydrogen-bond acceptors (Lipinski definition) is 8. The molecule has 0 spiro atoms. The van der Waals surface area contributed by atoms with Crippen LogP contribution in [-0.4, -0.2) is 79.8 Å². The van der Waals surface area contributed by atoms with Crippen LogP contribution in [0.15, 0.2) is 72.8 Å². The van der Waals surface area contributed by atoms with E-state index in [0.717, 1.165) is 35.0 Å². The van der Waals surface area contributed by atoms with Crippen LogP contribution in [-0.2, 0) is 42.6 Å². The highest BCUT2D eigenvalue weighted by atomic mass is 16.6. The third kappa shape index (κ3) is 6.24. The fourth-order valence-corrected chi connectivity index (χ4v) is 6.12. The lowest BCUT2D eigenvalue weighted by Gasteiger charge is -2.44. The van der Waals surface area contributed by atoms with Gasteiger partial charge in [-0.15, -0.1) is 5.10 Å². The number of amides is 2. The summed E-state index contributed by atoms with van der Waals surface area (Å²) in [7, 11) is 1.83. The molecule has 2 heterocycles. The molecule has 3 atom stereocenters. The van der Waals surface area contributed by atoms with Crippen LogP contribution in [0.5, 0.6) is 0 Å². The third-order valence-corrected chi connectivity index (χ3v) is 8.60. The number of ether oxygens (including phenoxy) is 1. The van der Waals surface area contributed by atoms with Gasteiger partial charge in [0.1, 0.15) is 18.4 Å². The second-order valence-electron chi connectivity index (χ2n) is 11.4. The van der Waals surface area contributed by atoms with Gasteiger partial charge in [-0.25, -0.2) is 9.48 Å². The van der Waals surface area contributed by atoms with Gasteiger partial charge in [0.05, 0.1) is 17.6 Å². The van der Waals surface area contributed by atoms with Crippen molar-refractivity contribution in [2.45, 2.75) is 44.3 Å². The number of aliphatic hydroxyl groups is 1. The number of piperazine rings is 1. The number of nitrogens with one attached hydrogen (secondary N) is 1. The zero-order valence-corrected chi connectivity index (χ0v) is 24.2. The molecule has 0 bridgehead atoms. The predicted octanol–water partition coefficient (Wildman–Crippen LogP) is 1.97. The first-order valence-corrected chi connectivity index (χ1v) is 14.7. The van der Waals surface area contributed by atoms with E-state index < -0.39 is 24.4 Å². The minimum atomic E-state index is -1.13. The van der Waals surface area contributed by atoms with Crippen LogP contribution in [0.4, 0.5) is 4.79 Å². The van der Waals surface area contributed by atoms with Gasteiger partial charge in [0.15, 0.2) is 0 Å². The fraction of sp³-hybridized carbons (Fsp3) is 0.375. The van der Waals surface area contributed by atoms with E-state index in [-0.39, 0.29) is 38.1 Å². The average molecular weight is 584 g/mol. The van der Waals surface area contributed by atoms with Crippen LogP contribution in [0, 0.1) is 5.92 Å². The number of aliphatic hydroxyl groups excluding tert-OH is 1. The van der Waals surface area contributed by atoms with Gasteiger partial charge in [-0.05, 0) is 53.1 Å². The number of carbonyl (C=O) groups excluding carboxylic acids is 2. The van der Waals surface area contributed by atoms with Crippen molar-refractivity contribution in [3.05, 3.63) is 95.1 Å². The van der Waals surface area contributed by atoms with Crippen molar-refractivity contribution in [2.24, 2.45) is 18.7 Å². The number of carbonyl (C=O) groups is 2. The van der Waals surface area contributed by atoms with Gasteiger partial charge in [-0.3, -0.25) is 10.1 Å². The average Bonchev–Trinajstić information content (AvgIpc) is 3.65. The Hall–Kier alpha value is -4.32. The topological polar surface area (TPSA) is 139 Å². The minimum absolute atomic E-state index is 0.0248. The van der Waals surface area contributed by atoms with Gasteiger partial charge >= 0.3 is 6.09 Å². The smallest absolute Gasteiger partial charge is 0.410 e. The van der Waals surface area contributed by atoms with Crippen LogP contribution in [0.3, 0.4) is 0 Å². The maximum Gasteiger partial charge on any atom is 0.410 e. The number of aryl methyl sites for hydroxylation is 1. The Morgan fingerprint density at radius 3 is 2.49 bits per heavy atom. The van der Waals surface area contributed by atoms with Crippen molar-refractivity contribution in [3.8, 4) is 0 Å². The molecule has 3 aromatic carbocycles. The zero-order chi connectivity index (χ0) is 29.9. The molecule has 1 aliphatic carbocycles. The molecular weight excluding hydrogens is 546 g/mol. The van der Waals surface area contributed by atoms with Crippen LogP contribution < -0.4 is 11.1 Å². The molecule has 4 aromatic rings. The molecule has 6 rings (SSSR count). The van der Waals surface area contributed by atoms with Crippen LogP contribution in [0.1, 0.15) is 22.3 Å². The minimum Gasteiger partial charge on any atom is -0.445 e. The predicted molar refractivity (Wildman–Crippen MR) is 160 cm³/mol. The molecule has 0 saturated carbocycles. The Morgan fingerprint density at radius 1 is 1.02 bits per heavy atom. The van der Waals surface area contributed by atoms with Crippen molar-refractivity contribution in [1.82, 2.24) is 30.1 Å². The number of aromatic nitrogens is 3. The van der Waals surface area contributed by atoms with E-state index in [0.29, 0.717) is 6.54 Å². The lowest BCUT2D eigenvalue weighted by molar-refractivity contribution is -0.143. The highest BCUT2D eigenvalue weighted by molar-refractivity contribution is 5.83. The van der Waals surface area contributed by atoms with Crippen molar-refractivity contribution in [1.29, 1.82) is 0 Å². The summed E-state index contributed by atoms with van der Waals surface area (Å²) < 4.78 is 7.27. The number of hydrogen-bond donors (Lipinski definition) is 3. The van der Waals surface area contributed by atoms with E-state index in [2.05, 4.69) is 27.8 Å². The summed E-state index contributed by atoms with van der Waals surface area (Å²) in [5.74, 6) is -0.245. The zero-order valence-electron chi connectivity index (χ0n) is 24.2. The molecule has 2 amide bonds. The Kier molecular flexibility index (Phi) is 8.37. The number of rotatable bonds is 8. The summed E-state index contributed by atoms with van der Waals surface area (Å²) in [4.78, 5) is 30.1. The number of fused-ring (bicyclic) bond motifs is 2. The quantitative estimate of drug-likeness (QED) is 0.268. The molecule has 1 aliphatic heterocycles. The first-order valence-electron chi connectivity index (χ1n) is 14.7. The van der Waals surface area contributed by atoms with Crippen molar-refractivity contribution in [3.63, 3.8) is 0 Å². The van der Waals surface area contributed by atoms with E-state index >= 15 is 0 Å². The van der Waals surface area contributed by atoms with Gasteiger partial charge in [0.2, 0.25) is 5.91 Å². The maximum atomic E-state index is 13.9. The molecule has 224 valence electrons. The van der Waals surface area contributed by atoms with Gasteiger partial charge in [0, 0.05) is 33.2 Å². The monoisotopic (exact) mass is 583 g/mol. The molecule has 3 unspecified atom stereocenters. The van der Waals surface area contributed by atoms with E-state index in [4.69, 9.17) is 10.5 Å². The normalized spacial score (nSPS) is 18.4. The van der Waals surface area contributed by atoms with Crippen molar-refractivity contribution in [2.75, 3.05) is 19.6 Å². The maximum absolute atomic E-state index is 13.9. The molecule has 4 N–H and O–H groups in total. The van der Waals surface area contributed by atoms with E-state index in [1.54, 1.807) is 14.5 Å². The van der Waals surface area contributed by atoms with E-state index in [1.165, 1.54) is 11.1 Å². The first kappa shape index (κ1) is 28.8. The van der Waals surface area contributed by atoms with Gasteiger partial charge in [-0.1, -0.05) is 65.9 Å². The van der Waals surface area contributed by atoms with Crippen LogP contribution >= 0.6 is 0 Å². The fourth-order valence-electron chi connectivity index (χ4n) is 6.12. The molecular formula is C32H37N7O4. The molecule has 43 heavy (non-hydrogen) atoms. The largest absolute Gasteiger partial charge is 0.445 e. The van der Waals surface area contributed by atoms with Gasteiger partial charge < -0.3 is 25.4 Å². The van der Waals surface area contributed by atoms with Crippen molar-refractivity contribution >= 4 is 23.0 Å². The summed E-state index contributed by atoms with van der Waals surface area (Å²) in [6.45, 7) is 1.09. The second kappa shape index (κ2) is 12.5. The molecule has 0 radical (unpaired) electrons. The Bertz CT molecular complexity index is 1570. The van der Waals surface area contributed by atoms with E-state index in [9.17, 15) is 14.7 Å². The Morgan fingerprint density at radius 2 is 1.74 bits per heavy atom. The second-order valence-corrected chi connectivity index (χ2v) is 11.4. The standard InChI is InChI=1S/C32H37N7O4/c1-37-27-12-11-22(15-26(27)35-36-37)18-34-30(40)28-19-38(32(42)43-20-21-7-3-2-4-8-21)13-14-39(28)31(41)29(33)25-16-23-9-5-6-10-24(23)17-25/h2-12,15,25,28-30,34,40H,13-14,16-20,33H2,1H3. The lowest BCUT2D eigenvalue weighted by Crippen LogP contribution is -2.65. The number of nitrogens with two attached hydrogens (primary N) is 1. The Balaban J connectivity index is 1.15. The summed E-state index contributed by atoms with van der Waals surface area (Å²) in [5, 5.41) is 22.8. The van der Waals surface area contributed by atoms with Crippen LogP contribution in [0.25, 0.3) is 11.0 Å². The summed E-state index contributed by atoms with van der Waals surface area (Å²) >= 11 is 0. The molecule has 1 aromatic heterocycles. The highest BCUT2D eigenvalue weighted by Crippen LogP contribution is 2.29. The molecule has 1 saturated heterocycles. The van der Waals surface area contributed by atoms with Gasteiger partial charge in [-0.2, -0.15) is 0 Å². The highest BCUT2D eigenvalue weighted by Gasteiger charge is 2.41. The molecule has 1 fully saturated rings. The first-order chi connectivity index (χ1) is 20.9. The van der Waals surface area contributed by atoms with Crippen LogP contribution in [0.2, 0.25) is 0 Å². The molecule has 11 nitrogen and oxygen atoms in total. The summed E-state index contributed by atoms with van der Waals surface area (Å²) in [6.07, 6.45) is -0.132. The van der Waals surface area contributed by atoms with E-state index in [1.807, 2.05) is 67.7 Å².